The van der Waals surface area contributed by atoms with Crippen molar-refractivity contribution in [2.24, 2.45) is 5.73 Å². The number of aliphatic hydroxyl groups excluding tert-OH is 2. The van der Waals surface area contributed by atoms with E-state index in [1.54, 1.807) is 32.0 Å². The number of halogens is 2. The van der Waals surface area contributed by atoms with E-state index >= 15 is 0 Å². The molecular formula is C22H23F2N3O3S. The van der Waals surface area contributed by atoms with Gasteiger partial charge in [-0.25, -0.2) is 13.8 Å². The van der Waals surface area contributed by atoms with Gasteiger partial charge in [0.05, 0.1) is 23.3 Å². The summed E-state index contributed by atoms with van der Waals surface area (Å²) in [7, 11) is 0. The molecule has 31 heavy (non-hydrogen) atoms. The van der Waals surface area contributed by atoms with Gasteiger partial charge in [0.1, 0.15) is 22.5 Å². The summed E-state index contributed by atoms with van der Waals surface area (Å²) in [6.45, 7) is 3.35. The molecule has 0 aliphatic heterocycles. The minimum absolute atomic E-state index is 0.0687. The molecule has 0 aliphatic rings. The highest BCUT2D eigenvalue weighted by molar-refractivity contribution is 7.20. The van der Waals surface area contributed by atoms with Crippen molar-refractivity contribution >= 4 is 28.1 Å². The van der Waals surface area contributed by atoms with Gasteiger partial charge < -0.3 is 21.3 Å². The fourth-order valence-corrected chi connectivity index (χ4v) is 4.25. The normalized spacial score (nSPS) is 13.1. The molecule has 0 saturated heterocycles. The number of anilines is 2. The lowest BCUT2D eigenvalue weighted by Gasteiger charge is -2.11. The van der Waals surface area contributed by atoms with Crippen LogP contribution in [0.4, 0.5) is 19.6 Å². The third kappa shape index (κ3) is 5.25. The first kappa shape index (κ1) is 22.8. The van der Waals surface area contributed by atoms with Gasteiger partial charge in [-0.1, -0.05) is 13.0 Å². The van der Waals surface area contributed by atoms with E-state index in [0.717, 1.165) is 23.5 Å². The first-order valence-electron chi connectivity index (χ1n) is 9.71. The molecule has 6 nitrogen and oxygen atoms in total. The Morgan fingerprint density at radius 3 is 2.48 bits per heavy atom. The van der Waals surface area contributed by atoms with Crippen LogP contribution in [0.3, 0.4) is 0 Å². The summed E-state index contributed by atoms with van der Waals surface area (Å²) >= 11 is 0.960. The molecule has 0 spiro atoms. The third-order valence-electron chi connectivity index (χ3n) is 4.63. The lowest BCUT2D eigenvalue weighted by molar-refractivity contribution is 0.100. The van der Waals surface area contributed by atoms with Crippen LogP contribution in [0.15, 0.2) is 36.4 Å². The second-order valence-electron chi connectivity index (χ2n) is 7.19. The van der Waals surface area contributed by atoms with Crippen molar-refractivity contribution in [2.75, 3.05) is 5.32 Å². The summed E-state index contributed by atoms with van der Waals surface area (Å²) < 4.78 is 29.4. The fraction of sp³-hybridized carbons (Fsp3) is 0.273. The lowest BCUT2D eigenvalue weighted by Crippen LogP contribution is -2.12. The van der Waals surface area contributed by atoms with Crippen LogP contribution in [-0.2, 0) is 6.42 Å². The van der Waals surface area contributed by atoms with Gasteiger partial charge in [0, 0.05) is 17.0 Å². The molecule has 2 heterocycles. The molecule has 0 radical (unpaired) electrons. The number of hydrogen-bond acceptors (Lipinski definition) is 6. The Hall–Kier alpha value is -2.88. The number of carbonyl (C=O) groups excluding carboxylic acids is 1. The molecule has 0 saturated carbocycles. The summed E-state index contributed by atoms with van der Waals surface area (Å²) in [5.74, 6) is -2.05. The van der Waals surface area contributed by atoms with Crippen molar-refractivity contribution in [1.29, 1.82) is 0 Å². The maximum Gasteiger partial charge on any atom is 0.251 e. The highest BCUT2D eigenvalue weighted by Gasteiger charge is 2.22. The number of nitrogens with one attached hydrogen (secondary N) is 1. The number of thiophene rings is 1. The SMILES string of the molecule is CCC(O)c1cc(F)c(-c2cc(C(N)=O)c(Nc3cccc(CC(C)O)n3)s2)c(F)c1. The summed E-state index contributed by atoms with van der Waals surface area (Å²) in [4.78, 5) is 16.5. The van der Waals surface area contributed by atoms with E-state index in [1.165, 1.54) is 6.07 Å². The van der Waals surface area contributed by atoms with E-state index in [-0.39, 0.29) is 21.6 Å². The zero-order chi connectivity index (χ0) is 22.7. The van der Waals surface area contributed by atoms with Crippen LogP contribution in [0.1, 0.15) is 48.0 Å². The Bertz CT molecular complexity index is 1080. The van der Waals surface area contributed by atoms with Gasteiger partial charge in [0.2, 0.25) is 0 Å². The van der Waals surface area contributed by atoms with E-state index in [0.29, 0.717) is 29.4 Å². The highest BCUT2D eigenvalue weighted by Crippen LogP contribution is 2.39. The van der Waals surface area contributed by atoms with Crippen LogP contribution in [0, 0.1) is 11.6 Å². The van der Waals surface area contributed by atoms with Crippen molar-refractivity contribution in [3.8, 4) is 10.4 Å². The molecule has 164 valence electrons. The second-order valence-corrected chi connectivity index (χ2v) is 8.25. The second kappa shape index (κ2) is 9.51. The van der Waals surface area contributed by atoms with Gasteiger partial charge in [-0.05, 0) is 49.2 Å². The number of primary amides is 1. The Morgan fingerprint density at radius 2 is 1.90 bits per heavy atom. The van der Waals surface area contributed by atoms with E-state index in [2.05, 4.69) is 10.3 Å². The number of amides is 1. The molecule has 2 atom stereocenters. The molecule has 0 fully saturated rings. The number of hydrogen-bond donors (Lipinski definition) is 4. The van der Waals surface area contributed by atoms with Crippen molar-refractivity contribution in [3.05, 3.63) is 64.9 Å². The highest BCUT2D eigenvalue weighted by atomic mass is 32.1. The number of pyridine rings is 1. The maximum atomic E-state index is 14.7. The van der Waals surface area contributed by atoms with Crippen LogP contribution < -0.4 is 11.1 Å². The smallest absolute Gasteiger partial charge is 0.251 e. The van der Waals surface area contributed by atoms with E-state index < -0.39 is 29.7 Å². The number of rotatable bonds is 8. The molecule has 0 bridgehead atoms. The van der Waals surface area contributed by atoms with E-state index in [1.807, 2.05) is 0 Å². The van der Waals surface area contributed by atoms with Gasteiger partial charge >= 0.3 is 0 Å². The average Bonchev–Trinajstić information content (AvgIpc) is 3.10. The van der Waals surface area contributed by atoms with E-state index in [9.17, 15) is 23.8 Å². The number of benzene rings is 1. The standard InChI is InChI=1S/C22H23F2N3O3S/c1-3-17(29)12-8-15(23)20(16(24)9-12)18-10-14(21(25)30)22(31-18)27-19-6-4-5-13(26-19)7-11(2)28/h4-6,8-11,17,28-29H,3,7H2,1-2H3,(H2,25,30)(H,26,27). The van der Waals surface area contributed by atoms with Crippen LogP contribution in [0.5, 0.6) is 0 Å². The average molecular weight is 448 g/mol. The van der Waals surface area contributed by atoms with Gasteiger partial charge in [-0.15, -0.1) is 11.3 Å². The summed E-state index contributed by atoms with van der Waals surface area (Å²) in [6, 6.07) is 8.66. The van der Waals surface area contributed by atoms with Crippen LogP contribution in [-0.4, -0.2) is 27.2 Å². The van der Waals surface area contributed by atoms with Crippen molar-refractivity contribution in [1.82, 2.24) is 4.98 Å². The Morgan fingerprint density at radius 1 is 1.23 bits per heavy atom. The monoisotopic (exact) mass is 447 g/mol. The largest absolute Gasteiger partial charge is 0.393 e. The maximum absolute atomic E-state index is 14.7. The summed E-state index contributed by atoms with van der Waals surface area (Å²) in [5.41, 5.74) is 6.02. The van der Waals surface area contributed by atoms with Gasteiger partial charge in [-0.3, -0.25) is 4.79 Å². The fourth-order valence-electron chi connectivity index (χ4n) is 3.13. The Balaban J connectivity index is 1.99. The predicted octanol–water partition coefficient (Wildman–Crippen LogP) is 4.30. The molecule has 5 N–H and O–H groups in total. The number of aromatic nitrogens is 1. The van der Waals surface area contributed by atoms with Gasteiger partial charge in [-0.2, -0.15) is 0 Å². The molecule has 1 aromatic carbocycles. The lowest BCUT2D eigenvalue weighted by atomic mass is 10.0. The van der Waals surface area contributed by atoms with Crippen LogP contribution in [0.25, 0.3) is 10.4 Å². The van der Waals surface area contributed by atoms with Gasteiger partial charge in [0.25, 0.3) is 5.91 Å². The minimum Gasteiger partial charge on any atom is -0.393 e. The van der Waals surface area contributed by atoms with Crippen LogP contribution >= 0.6 is 11.3 Å². The summed E-state index contributed by atoms with van der Waals surface area (Å²) in [6.07, 6.45) is -0.879. The van der Waals surface area contributed by atoms with Crippen molar-refractivity contribution < 1.29 is 23.8 Å². The Labute approximate surface area is 182 Å². The zero-order valence-corrected chi connectivity index (χ0v) is 17.8. The number of aliphatic hydroxyl groups is 2. The molecule has 0 aliphatic carbocycles. The third-order valence-corrected chi connectivity index (χ3v) is 5.70. The summed E-state index contributed by atoms with van der Waals surface area (Å²) in [5, 5.41) is 22.7. The van der Waals surface area contributed by atoms with Crippen molar-refractivity contribution in [2.45, 2.75) is 38.9 Å². The number of nitrogens with two attached hydrogens (primary N) is 1. The minimum atomic E-state index is -0.972. The molecule has 9 heteroatoms. The predicted molar refractivity (Wildman–Crippen MR) is 116 cm³/mol. The number of nitrogens with zero attached hydrogens (tertiary/aromatic N) is 1. The molecule has 2 unspecified atom stereocenters. The van der Waals surface area contributed by atoms with Crippen LogP contribution in [0.2, 0.25) is 0 Å². The molecule has 1 amide bonds. The first-order valence-corrected chi connectivity index (χ1v) is 10.5. The molecule has 3 aromatic rings. The zero-order valence-electron chi connectivity index (χ0n) is 17.0. The molecule has 2 aromatic heterocycles. The van der Waals surface area contributed by atoms with Gasteiger partial charge in [0.15, 0.2) is 0 Å². The Kier molecular flexibility index (Phi) is 6.99. The quantitative estimate of drug-likeness (QED) is 0.412. The van der Waals surface area contributed by atoms with Crippen molar-refractivity contribution in [3.63, 3.8) is 0 Å². The number of carbonyl (C=O) groups is 1. The molecule has 3 rings (SSSR count). The topological polar surface area (TPSA) is 108 Å². The first-order chi connectivity index (χ1) is 14.7. The molecular weight excluding hydrogens is 424 g/mol. The van der Waals surface area contributed by atoms with E-state index in [4.69, 9.17) is 5.73 Å².